The van der Waals surface area contributed by atoms with Crippen LogP contribution >= 0.6 is 0 Å². The molecule has 20 heavy (non-hydrogen) atoms. The van der Waals surface area contributed by atoms with Gasteiger partial charge < -0.3 is 15.0 Å². The van der Waals surface area contributed by atoms with E-state index in [1.54, 1.807) is 0 Å². The smallest absolute Gasteiger partial charge is 0.227 e. The number of nitrogens with zero attached hydrogens (tertiary/aromatic N) is 1. The van der Waals surface area contributed by atoms with Crippen LogP contribution in [0.5, 0.6) is 0 Å². The van der Waals surface area contributed by atoms with Crippen LogP contribution in [0.15, 0.2) is 24.3 Å². The summed E-state index contributed by atoms with van der Waals surface area (Å²) >= 11 is 0. The number of rotatable bonds is 3. The fraction of sp³-hybridized carbons (Fsp3) is 0.500. The van der Waals surface area contributed by atoms with Crippen molar-refractivity contribution in [2.24, 2.45) is 11.8 Å². The minimum atomic E-state index is 0.0167. The molecular formula is C16H20N2O2. The third kappa shape index (κ3) is 2.61. The lowest BCUT2D eigenvalue weighted by atomic mass is 9.88. The first-order chi connectivity index (χ1) is 9.78. The molecular weight excluding hydrogens is 252 g/mol. The molecule has 1 aromatic carbocycles. The maximum Gasteiger partial charge on any atom is 0.227 e. The lowest BCUT2D eigenvalue weighted by Gasteiger charge is -2.31. The maximum atomic E-state index is 12.6. The Labute approximate surface area is 119 Å². The summed E-state index contributed by atoms with van der Waals surface area (Å²) < 4.78 is 0. The molecule has 2 heterocycles. The first kappa shape index (κ1) is 13.3. The summed E-state index contributed by atoms with van der Waals surface area (Å²) in [5.74, 6) is 0.549. The third-order valence-electron chi connectivity index (χ3n) is 4.37. The van der Waals surface area contributed by atoms with Gasteiger partial charge in [-0.25, -0.2) is 0 Å². The Morgan fingerprint density at radius 3 is 2.60 bits per heavy atom. The Morgan fingerprint density at radius 2 is 1.95 bits per heavy atom. The number of amides is 1. The molecule has 1 amide bonds. The van der Waals surface area contributed by atoms with Crippen molar-refractivity contribution >= 4 is 12.2 Å². The minimum absolute atomic E-state index is 0.0167. The lowest BCUT2D eigenvalue weighted by Crippen LogP contribution is -2.44. The molecule has 3 rings (SSSR count). The zero-order chi connectivity index (χ0) is 13.9. The van der Waals surface area contributed by atoms with E-state index in [0.717, 1.165) is 38.9 Å². The van der Waals surface area contributed by atoms with E-state index in [9.17, 15) is 9.59 Å². The van der Waals surface area contributed by atoms with Gasteiger partial charge in [0.15, 0.2) is 0 Å². The average Bonchev–Trinajstić information content (AvgIpc) is 2.91. The van der Waals surface area contributed by atoms with Crippen molar-refractivity contribution < 1.29 is 9.59 Å². The van der Waals surface area contributed by atoms with Crippen LogP contribution in [0, 0.1) is 11.8 Å². The van der Waals surface area contributed by atoms with E-state index in [2.05, 4.69) is 17.4 Å². The Bertz CT molecular complexity index is 490. The second kappa shape index (κ2) is 5.75. The van der Waals surface area contributed by atoms with Gasteiger partial charge in [-0.3, -0.25) is 4.79 Å². The number of fused-ring (bicyclic) bond motifs is 1. The lowest BCUT2D eigenvalue weighted by molar-refractivity contribution is -0.137. The molecule has 4 nitrogen and oxygen atoms in total. The van der Waals surface area contributed by atoms with Crippen molar-refractivity contribution in [1.29, 1.82) is 0 Å². The van der Waals surface area contributed by atoms with Crippen LogP contribution in [0.3, 0.4) is 0 Å². The van der Waals surface area contributed by atoms with Crippen LogP contribution in [0.1, 0.15) is 24.0 Å². The normalized spacial score (nSPS) is 25.3. The quantitative estimate of drug-likeness (QED) is 0.845. The van der Waals surface area contributed by atoms with Gasteiger partial charge in [0.1, 0.15) is 6.29 Å². The van der Waals surface area contributed by atoms with Gasteiger partial charge in [-0.2, -0.15) is 0 Å². The Morgan fingerprint density at radius 1 is 1.25 bits per heavy atom. The third-order valence-corrected chi connectivity index (χ3v) is 4.37. The predicted molar refractivity (Wildman–Crippen MR) is 75.8 cm³/mol. The monoisotopic (exact) mass is 272 g/mol. The average molecular weight is 272 g/mol. The van der Waals surface area contributed by atoms with Crippen molar-refractivity contribution in [3.8, 4) is 0 Å². The first-order valence-electron chi connectivity index (χ1n) is 7.28. The Hall–Kier alpha value is -1.68. The standard InChI is InChI=1S/C16H20N2O2/c19-6-5-12-7-15(9-17-8-12)16(20)18-10-13-3-1-2-4-14(13)11-18/h1-4,6,12,15,17H,5,7-11H2. The van der Waals surface area contributed by atoms with Gasteiger partial charge in [0, 0.05) is 26.1 Å². The number of benzene rings is 1. The molecule has 2 atom stereocenters. The topological polar surface area (TPSA) is 49.4 Å². The molecule has 0 saturated carbocycles. The molecule has 2 aliphatic heterocycles. The molecule has 0 aromatic heterocycles. The predicted octanol–water partition coefficient (Wildman–Crippen LogP) is 1.34. The van der Waals surface area contributed by atoms with Crippen LogP contribution in [-0.4, -0.2) is 30.2 Å². The molecule has 0 bridgehead atoms. The largest absolute Gasteiger partial charge is 0.334 e. The molecule has 1 saturated heterocycles. The molecule has 1 fully saturated rings. The zero-order valence-electron chi connectivity index (χ0n) is 11.5. The molecule has 0 aliphatic carbocycles. The summed E-state index contributed by atoms with van der Waals surface area (Å²) in [6.07, 6.45) is 2.35. The van der Waals surface area contributed by atoms with E-state index in [1.165, 1.54) is 11.1 Å². The van der Waals surface area contributed by atoms with Gasteiger partial charge >= 0.3 is 0 Å². The molecule has 0 spiro atoms. The maximum absolute atomic E-state index is 12.6. The highest BCUT2D eigenvalue weighted by Crippen LogP contribution is 2.27. The summed E-state index contributed by atoms with van der Waals surface area (Å²) in [5.41, 5.74) is 2.52. The van der Waals surface area contributed by atoms with Gasteiger partial charge in [-0.1, -0.05) is 24.3 Å². The SMILES string of the molecule is O=CCC1CNCC(C(=O)N2Cc3ccccc3C2)C1. The van der Waals surface area contributed by atoms with Crippen molar-refractivity contribution in [1.82, 2.24) is 10.2 Å². The first-order valence-corrected chi connectivity index (χ1v) is 7.28. The summed E-state index contributed by atoms with van der Waals surface area (Å²) in [7, 11) is 0. The van der Waals surface area contributed by atoms with Crippen LogP contribution in [0.4, 0.5) is 0 Å². The summed E-state index contributed by atoms with van der Waals surface area (Å²) in [4.78, 5) is 25.2. The van der Waals surface area contributed by atoms with E-state index < -0.39 is 0 Å². The summed E-state index contributed by atoms with van der Waals surface area (Å²) in [5, 5.41) is 3.29. The molecule has 2 unspecified atom stereocenters. The number of carbonyl (C=O) groups excluding carboxylic acids is 2. The zero-order valence-corrected chi connectivity index (χ0v) is 11.5. The second-order valence-electron chi connectivity index (χ2n) is 5.82. The van der Waals surface area contributed by atoms with Crippen LogP contribution < -0.4 is 5.32 Å². The van der Waals surface area contributed by atoms with Crippen molar-refractivity contribution in [3.63, 3.8) is 0 Å². The molecule has 1 aromatic rings. The highest BCUT2D eigenvalue weighted by molar-refractivity contribution is 5.80. The van der Waals surface area contributed by atoms with Crippen LogP contribution in [0.25, 0.3) is 0 Å². The van der Waals surface area contributed by atoms with Gasteiger partial charge in [-0.15, -0.1) is 0 Å². The van der Waals surface area contributed by atoms with E-state index in [4.69, 9.17) is 0 Å². The number of piperidine rings is 1. The number of aldehydes is 1. The van der Waals surface area contributed by atoms with Gasteiger partial charge in [0.25, 0.3) is 0 Å². The van der Waals surface area contributed by atoms with Crippen molar-refractivity contribution in [2.45, 2.75) is 25.9 Å². The number of nitrogens with one attached hydrogen (secondary N) is 1. The Balaban J connectivity index is 1.64. The van der Waals surface area contributed by atoms with Crippen LogP contribution in [-0.2, 0) is 22.7 Å². The molecule has 106 valence electrons. The van der Waals surface area contributed by atoms with Crippen molar-refractivity contribution in [2.75, 3.05) is 13.1 Å². The molecule has 2 aliphatic rings. The number of hydrogen-bond donors (Lipinski definition) is 1. The summed E-state index contributed by atoms with van der Waals surface area (Å²) in [6, 6.07) is 8.23. The minimum Gasteiger partial charge on any atom is -0.334 e. The van der Waals surface area contributed by atoms with Crippen LogP contribution in [0.2, 0.25) is 0 Å². The van der Waals surface area contributed by atoms with E-state index >= 15 is 0 Å². The highest BCUT2D eigenvalue weighted by atomic mass is 16.2. The fourth-order valence-electron chi connectivity index (χ4n) is 3.28. The second-order valence-corrected chi connectivity index (χ2v) is 5.82. The highest BCUT2D eigenvalue weighted by Gasteiger charge is 2.32. The van der Waals surface area contributed by atoms with E-state index in [0.29, 0.717) is 12.3 Å². The Kier molecular flexibility index (Phi) is 3.83. The molecule has 1 N–H and O–H groups in total. The molecule has 0 radical (unpaired) electrons. The number of hydrogen-bond acceptors (Lipinski definition) is 3. The van der Waals surface area contributed by atoms with Gasteiger partial charge in [0.2, 0.25) is 5.91 Å². The van der Waals surface area contributed by atoms with E-state index in [-0.39, 0.29) is 11.8 Å². The van der Waals surface area contributed by atoms with Gasteiger partial charge in [-0.05, 0) is 30.0 Å². The number of carbonyl (C=O) groups is 2. The van der Waals surface area contributed by atoms with E-state index in [1.807, 2.05) is 17.0 Å². The molecule has 4 heteroatoms. The fourth-order valence-corrected chi connectivity index (χ4v) is 3.28. The summed E-state index contributed by atoms with van der Waals surface area (Å²) in [6.45, 7) is 3.04. The van der Waals surface area contributed by atoms with Crippen molar-refractivity contribution in [3.05, 3.63) is 35.4 Å². The van der Waals surface area contributed by atoms with Gasteiger partial charge in [0.05, 0.1) is 5.92 Å².